The van der Waals surface area contributed by atoms with Crippen LogP contribution < -0.4 is 5.32 Å². The average molecular weight is 283 g/mol. The molecule has 104 valence electrons. The minimum Gasteiger partial charge on any atom is -0.453 e. The van der Waals surface area contributed by atoms with Gasteiger partial charge >= 0.3 is 6.09 Å². The maximum atomic E-state index is 12.1. The third-order valence-corrected chi connectivity index (χ3v) is 3.95. The SMILES string of the molecule is COC(=O)N1CCCC(C(=O)Nc2nc(C)cs2)C1. The van der Waals surface area contributed by atoms with Crippen LogP contribution in [0.3, 0.4) is 0 Å². The smallest absolute Gasteiger partial charge is 0.409 e. The summed E-state index contributed by atoms with van der Waals surface area (Å²) in [5.74, 6) is -0.278. The molecule has 1 N–H and O–H groups in total. The van der Waals surface area contributed by atoms with Crippen LogP contribution in [0.2, 0.25) is 0 Å². The fourth-order valence-corrected chi connectivity index (χ4v) is 2.80. The monoisotopic (exact) mass is 283 g/mol. The second kappa shape index (κ2) is 6.01. The number of nitrogens with zero attached hydrogens (tertiary/aromatic N) is 2. The molecule has 7 heteroatoms. The molecule has 0 spiro atoms. The van der Waals surface area contributed by atoms with E-state index in [1.54, 1.807) is 4.90 Å². The van der Waals surface area contributed by atoms with E-state index < -0.39 is 0 Å². The van der Waals surface area contributed by atoms with E-state index >= 15 is 0 Å². The molecule has 2 heterocycles. The number of rotatable bonds is 2. The maximum absolute atomic E-state index is 12.1. The minimum absolute atomic E-state index is 0.0806. The second-order valence-electron chi connectivity index (χ2n) is 4.54. The molecular formula is C12H17N3O3S. The van der Waals surface area contributed by atoms with E-state index in [1.165, 1.54) is 18.4 Å². The molecule has 1 fully saturated rings. The van der Waals surface area contributed by atoms with Gasteiger partial charge in [0.25, 0.3) is 0 Å². The van der Waals surface area contributed by atoms with Crippen LogP contribution in [0.15, 0.2) is 5.38 Å². The minimum atomic E-state index is -0.373. The summed E-state index contributed by atoms with van der Waals surface area (Å²) in [4.78, 5) is 29.3. The van der Waals surface area contributed by atoms with Crippen LogP contribution in [0.1, 0.15) is 18.5 Å². The zero-order valence-corrected chi connectivity index (χ0v) is 11.8. The highest BCUT2D eigenvalue weighted by Crippen LogP contribution is 2.21. The van der Waals surface area contributed by atoms with E-state index in [9.17, 15) is 9.59 Å². The first kappa shape index (κ1) is 13.8. The highest BCUT2D eigenvalue weighted by molar-refractivity contribution is 7.13. The van der Waals surface area contributed by atoms with Gasteiger partial charge in [-0.2, -0.15) is 0 Å². The number of ether oxygens (including phenoxy) is 1. The van der Waals surface area contributed by atoms with Gasteiger partial charge in [-0.15, -0.1) is 11.3 Å². The number of hydrogen-bond acceptors (Lipinski definition) is 5. The number of methoxy groups -OCH3 is 1. The van der Waals surface area contributed by atoms with Gasteiger partial charge in [0.15, 0.2) is 5.13 Å². The predicted molar refractivity (Wildman–Crippen MR) is 72.2 cm³/mol. The number of thiazole rings is 1. The summed E-state index contributed by atoms with van der Waals surface area (Å²) in [6, 6.07) is 0. The molecule has 1 unspecified atom stereocenters. The molecule has 1 aliphatic heterocycles. The molecule has 0 radical (unpaired) electrons. The Bertz CT molecular complexity index is 475. The Kier molecular flexibility index (Phi) is 4.36. The normalized spacial score (nSPS) is 19.1. The zero-order chi connectivity index (χ0) is 13.8. The van der Waals surface area contributed by atoms with Crippen LogP contribution >= 0.6 is 11.3 Å². The largest absolute Gasteiger partial charge is 0.453 e. The number of carbonyl (C=O) groups excluding carboxylic acids is 2. The van der Waals surface area contributed by atoms with Crippen molar-refractivity contribution in [1.82, 2.24) is 9.88 Å². The molecule has 1 saturated heterocycles. The molecule has 0 aromatic carbocycles. The summed E-state index contributed by atoms with van der Waals surface area (Å²) >= 11 is 1.41. The first-order chi connectivity index (χ1) is 9.10. The highest BCUT2D eigenvalue weighted by atomic mass is 32.1. The maximum Gasteiger partial charge on any atom is 0.409 e. The van der Waals surface area contributed by atoms with Gasteiger partial charge in [-0.25, -0.2) is 9.78 Å². The number of hydrogen-bond donors (Lipinski definition) is 1. The van der Waals surface area contributed by atoms with Crippen molar-refractivity contribution >= 4 is 28.5 Å². The fraction of sp³-hybridized carbons (Fsp3) is 0.583. The van der Waals surface area contributed by atoms with Gasteiger partial charge < -0.3 is 15.0 Å². The number of carbonyl (C=O) groups is 2. The Morgan fingerprint density at radius 3 is 3.00 bits per heavy atom. The van der Waals surface area contributed by atoms with Crippen molar-refractivity contribution in [1.29, 1.82) is 0 Å². The lowest BCUT2D eigenvalue weighted by Gasteiger charge is -2.30. The first-order valence-electron chi connectivity index (χ1n) is 6.16. The van der Waals surface area contributed by atoms with Crippen LogP contribution in [0.25, 0.3) is 0 Å². The van der Waals surface area contributed by atoms with Crippen molar-refractivity contribution in [3.8, 4) is 0 Å². The number of anilines is 1. The number of piperidine rings is 1. The lowest BCUT2D eigenvalue weighted by atomic mass is 9.97. The molecule has 19 heavy (non-hydrogen) atoms. The Balaban J connectivity index is 1.93. The summed E-state index contributed by atoms with van der Waals surface area (Å²) < 4.78 is 4.68. The van der Waals surface area contributed by atoms with Crippen LogP contribution in [0.5, 0.6) is 0 Å². The summed E-state index contributed by atoms with van der Waals surface area (Å²) in [6.07, 6.45) is 1.22. The molecule has 0 bridgehead atoms. The van der Waals surface area contributed by atoms with Gasteiger partial charge in [-0.1, -0.05) is 0 Å². The van der Waals surface area contributed by atoms with Crippen molar-refractivity contribution < 1.29 is 14.3 Å². The molecule has 2 rings (SSSR count). The molecule has 1 aromatic rings. The number of likely N-dealkylation sites (tertiary alicyclic amines) is 1. The molecule has 1 aromatic heterocycles. The number of aryl methyl sites for hydroxylation is 1. The lowest BCUT2D eigenvalue weighted by Crippen LogP contribution is -2.43. The number of nitrogens with one attached hydrogen (secondary N) is 1. The third kappa shape index (κ3) is 3.44. The topological polar surface area (TPSA) is 71.5 Å². The zero-order valence-electron chi connectivity index (χ0n) is 11.0. The first-order valence-corrected chi connectivity index (χ1v) is 7.04. The quantitative estimate of drug-likeness (QED) is 0.899. The second-order valence-corrected chi connectivity index (χ2v) is 5.40. The van der Waals surface area contributed by atoms with E-state index in [-0.39, 0.29) is 17.9 Å². The Morgan fingerprint density at radius 1 is 1.58 bits per heavy atom. The standard InChI is InChI=1S/C12H17N3O3S/c1-8-7-19-11(13-8)14-10(16)9-4-3-5-15(6-9)12(17)18-2/h7,9H,3-6H2,1-2H3,(H,13,14,16). The summed E-state index contributed by atoms with van der Waals surface area (Å²) in [6.45, 7) is 2.93. The average Bonchev–Trinajstić information content (AvgIpc) is 2.83. The molecular weight excluding hydrogens is 266 g/mol. The fourth-order valence-electron chi connectivity index (χ4n) is 2.10. The van der Waals surface area contributed by atoms with Crippen molar-refractivity contribution in [3.05, 3.63) is 11.1 Å². The van der Waals surface area contributed by atoms with E-state index in [2.05, 4.69) is 15.0 Å². The van der Waals surface area contributed by atoms with Gasteiger partial charge in [-0.05, 0) is 19.8 Å². The molecule has 0 saturated carbocycles. The van der Waals surface area contributed by atoms with E-state index in [4.69, 9.17) is 0 Å². The number of aromatic nitrogens is 1. The predicted octanol–water partition coefficient (Wildman–Crippen LogP) is 1.87. The van der Waals surface area contributed by atoms with Gasteiger partial charge in [0, 0.05) is 18.5 Å². The summed E-state index contributed by atoms with van der Waals surface area (Å²) in [7, 11) is 1.35. The van der Waals surface area contributed by atoms with Gasteiger partial charge in [0.2, 0.25) is 5.91 Å². The van der Waals surface area contributed by atoms with Gasteiger partial charge in [-0.3, -0.25) is 4.79 Å². The van der Waals surface area contributed by atoms with E-state index in [0.29, 0.717) is 18.2 Å². The molecule has 2 amide bonds. The Hall–Kier alpha value is -1.63. The van der Waals surface area contributed by atoms with Crippen molar-refractivity contribution in [2.75, 3.05) is 25.5 Å². The summed E-state index contributed by atoms with van der Waals surface area (Å²) in [5, 5.41) is 5.29. The Morgan fingerprint density at radius 2 is 2.37 bits per heavy atom. The molecule has 1 aliphatic rings. The molecule has 1 atom stereocenters. The van der Waals surface area contributed by atoms with Crippen molar-refractivity contribution in [3.63, 3.8) is 0 Å². The van der Waals surface area contributed by atoms with Crippen molar-refractivity contribution in [2.24, 2.45) is 5.92 Å². The lowest BCUT2D eigenvalue weighted by molar-refractivity contribution is -0.121. The third-order valence-electron chi connectivity index (χ3n) is 3.07. The van der Waals surface area contributed by atoms with Crippen LogP contribution in [0.4, 0.5) is 9.93 Å². The Labute approximate surface area is 115 Å². The van der Waals surface area contributed by atoms with E-state index in [0.717, 1.165) is 18.5 Å². The highest BCUT2D eigenvalue weighted by Gasteiger charge is 2.29. The van der Waals surface area contributed by atoms with Crippen LogP contribution in [0, 0.1) is 12.8 Å². The molecule has 0 aliphatic carbocycles. The van der Waals surface area contributed by atoms with Crippen LogP contribution in [-0.2, 0) is 9.53 Å². The van der Waals surface area contributed by atoms with Gasteiger partial charge in [0.05, 0.1) is 18.7 Å². The van der Waals surface area contributed by atoms with E-state index in [1.807, 2.05) is 12.3 Å². The van der Waals surface area contributed by atoms with Crippen LogP contribution in [-0.4, -0.2) is 42.1 Å². The summed E-state index contributed by atoms with van der Waals surface area (Å²) in [5.41, 5.74) is 0.889. The number of amides is 2. The van der Waals surface area contributed by atoms with Gasteiger partial charge in [0.1, 0.15) is 0 Å². The molecule has 6 nitrogen and oxygen atoms in total. The van der Waals surface area contributed by atoms with Crippen molar-refractivity contribution in [2.45, 2.75) is 19.8 Å².